The Kier molecular flexibility index (Phi) is 6.13. The first-order valence-corrected chi connectivity index (χ1v) is 11.2. The van der Waals surface area contributed by atoms with Crippen molar-refractivity contribution in [2.45, 2.75) is 32.1 Å². The number of fused-ring (bicyclic) bond motifs is 1. The summed E-state index contributed by atoms with van der Waals surface area (Å²) in [7, 11) is 1.70. The lowest BCUT2D eigenvalue weighted by Gasteiger charge is -2.11. The molecule has 6 nitrogen and oxygen atoms in total. The van der Waals surface area contributed by atoms with Crippen molar-refractivity contribution < 1.29 is 9.59 Å². The molecule has 0 saturated carbocycles. The zero-order valence-corrected chi connectivity index (χ0v) is 18.6. The van der Waals surface area contributed by atoms with E-state index in [2.05, 4.69) is 15.7 Å². The number of anilines is 2. The van der Waals surface area contributed by atoms with E-state index in [9.17, 15) is 9.59 Å². The predicted molar refractivity (Wildman–Crippen MR) is 121 cm³/mol. The Labute approximate surface area is 188 Å². The van der Waals surface area contributed by atoms with Crippen molar-refractivity contribution in [3.63, 3.8) is 0 Å². The van der Waals surface area contributed by atoms with E-state index in [4.69, 9.17) is 23.2 Å². The molecule has 156 valence electrons. The molecule has 0 atom stereocenters. The number of nitrogens with one attached hydrogen (secondary N) is 2. The van der Waals surface area contributed by atoms with Gasteiger partial charge in [0.25, 0.3) is 11.8 Å². The average molecular weight is 463 g/mol. The van der Waals surface area contributed by atoms with Crippen LogP contribution >= 0.6 is 34.5 Å². The lowest BCUT2D eigenvalue weighted by molar-refractivity contribution is 0.101. The Morgan fingerprint density at radius 1 is 1.07 bits per heavy atom. The van der Waals surface area contributed by atoms with Gasteiger partial charge in [-0.25, -0.2) is 0 Å². The van der Waals surface area contributed by atoms with Gasteiger partial charge < -0.3 is 10.6 Å². The zero-order chi connectivity index (χ0) is 21.3. The molecule has 2 N–H and O–H groups in total. The Morgan fingerprint density at radius 2 is 1.87 bits per heavy atom. The number of hydrogen-bond donors (Lipinski definition) is 2. The van der Waals surface area contributed by atoms with Crippen molar-refractivity contribution in [1.82, 2.24) is 9.78 Å². The Hall–Kier alpha value is -2.35. The van der Waals surface area contributed by atoms with E-state index in [0.717, 1.165) is 42.5 Å². The Morgan fingerprint density at radius 3 is 2.60 bits per heavy atom. The molecule has 0 saturated heterocycles. The van der Waals surface area contributed by atoms with Gasteiger partial charge in [-0.1, -0.05) is 29.6 Å². The van der Waals surface area contributed by atoms with Crippen LogP contribution in [0.2, 0.25) is 10.0 Å². The Balaban J connectivity index is 1.69. The molecule has 2 amide bonds. The monoisotopic (exact) mass is 462 g/mol. The fourth-order valence-electron chi connectivity index (χ4n) is 3.61. The van der Waals surface area contributed by atoms with Crippen LogP contribution in [0, 0.1) is 0 Å². The molecule has 30 heavy (non-hydrogen) atoms. The number of halogens is 2. The first-order valence-electron chi connectivity index (χ1n) is 9.64. The molecule has 0 radical (unpaired) electrons. The molecule has 1 aliphatic rings. The van der Waals surface area contributed by atoms with Crippen molar-refractivity contribution >= 4 is 57.0 Å². The first kappa shape index (κ1) is 20.9. The van der Waals surface area contributed by atoms with Crippen LogP contribution in [0.15, 0.2) is 30.5 Å². The molecular formula is C21H20Cl2N4O2S. The summed E-state index contributed by atoms with van der Waals surface area (Å²) < 4.78 is 1.50. The Bertz CT molecular complexity index is 1120. The summed E-state index contributed by atoms with van der Waals surface area (Å²) in [5, 5.41) is 11.2. The minimum absolute atomic E-state index is 0.293. The highest BCUT2D eigenvalue weighted by Gasteiger charge is 2.27. The normalized spacial score (nSPS) is 13.4. The number of rotatable bonds is 4. The minimum atomic E-state index is -0.301. The van der Waals surface area contributed by atoms with Gasteiger partial charge in [0.2, 0.25) is 0 Å². The average Bonchev–Trinajstić information content (AvgIpc) is 3.20. The molecule has 1 aromatic carbocycles. The second kappa shape index (κ2) is 8.79. The second-order valence-corrected chi connectivity index (χ2v) is 9.09. The van der Waals surface area contributed by atoms with E-state index < -0.39 is 0 Å². The van der Waals surface area contributed by atoms with Crippen molar-refractivity contribution in [1.29, 1.82) is 0 Å². The van der Waals surface area contributed by atoms with Gasteiger partial charge in [0, 0.05) is 23.1 Å². The van der Waals surface area contributed by atoms with E-state index in [1.54, 1.807) is 37.5 Å². The van der Waals surface area contributed by atoms with E-state index in [1.165, 1.54) is 16.0 Å². The van der Waals surface area contributed by atoms with Crippen LogP contribution in [-0.4, -0.2) is 21.6 Å². The number of nitrogens with zero attached hydrogens (tertiary/aromatic N) is 2. The van der Waals surface area contributed by atoms with Gasteiger partial charge in [-0.15, -0.1) is 11.3 Å². The van der Waals surface area contributed by atoms with Gasteiger partial charge in [-0.2, -0.15) is 5.10 Å². The van der Waals surface area contributed by atoms with Gasteiger partial charge >= 0.3 is 0 Å². The van der Waals surface area contributed by atoms with Crippen LogP contribution in [0.5, 0.6) is 0 Å². The van der Waals surface area contributed by atoms with Crippen LogP contribution in [0.3, 0.4) is 0 Å². The summed E-state index contributed by atoms with van der Waals surface area (Å²) in [4.78, 5) is 27.2. The van der Waals surface area contributed by atoms with Crippen molar-refractivity contribution in [2.24, 2.45) is 7.05 Å². The lowest BCUT2D eigenvalue weighted by atomic mass is 10.0. The fraction of sp³-hybridized carbons (Fsp3) is 0.286. The first-order chi connectivity index (χ1) is 14.4. The van der Waals surface area contributed by atoms with Crippen molar-refractivity contribution in [2.75, 3.05) is 10.6 Å². The van der Waals surface area contributed by atoms with Crippen LogP contribution in [0.4, 0.5) is 10.7 Å². The maximum absolute atomic E-state index is 13.3. The number of benzene rings is 1. The van der Waals surface area contributed by atoms with Crippen LogP contribution < -0.4 is 10.6 Å². The quantitative estimate of drug-likeness (QED) is 0.498. The van der Waals surface area contributed by atoms with Crippen molar-refractivity contribution in [3.8, 4) is 0 Å². The lowest BCUT2D eigenvalue weighted by Crippen LogP contribution is -2.20. The summed E-state index contributed by atoms with van der Waals surface area (Å²) in [6.07, 6.45) is 6.50. The molecule has 2 aromatic heterocycles. The number of hydrogen-bond acceptors (Lipinski definition) is 4. The van der Waals surface area contributed by atoms with E-state index in [1.807, 2.05) is 0 Å². The smallest absolute Gasteiger partial charge is 0.274 e. The predicted octanol–water partition coefficient (Wildman–Crippen LogP) is 5.56. The SMILES string of the molecule is Cn1nccc1C(=O)Nc1sc2c(c1C(=O)Nc1ccc(Cl)cc1Cl)CCCCC2. The largest absolute Gasteiger partial charge is 0.321 e. The van der Waals surface area contributed by atoms with Gasteiger partial charge in [0.15, 0.2) is 0 Å². The third kappa shape index (κ3) is 4.24. The number of aromatic nitrogens is 2. The summed E-state index contributed by atoms with van der Waals surface area (Å²) in [6.45, 7) is 0. The maximum atomic E-state index is 13.3. The van der Waals surface area contributed by atoms with Gasteiger partial charge in [0.1, 0.15) is 10.7 Å². The molecule has 0 aliphatic heterocycles. The number of amides is 2. The van der Waals surface area contributed by atoms with Crippen LogP contribution in [0.25, 0.3) is 0 Å². The third-order valence-corrected chi connectivity index (χ3v) is 6.86. The van der Waals surface area contributed by atoms with Gasteiger partial charge in [0.05, 0.1) is 16.3 Å². The van der Waals surface area contributed by atoms with Crippen LogP contribution in [0.1, 0.15) is 50.5 Å². The van der Waals surface area contributed by atoms with Crippen LogP contribution in [-0.2, 0) is 19.9 Å². The molecule has 0 bridgehead atoms. The highest BCUT2D eigenvalue weighted by molar-refractivity contribution is 7.17. The number of thiophene rings is 1. The standard InChI is InChI=1S/C21H20Cl2N4O2S/c1-27-16(9-10-24-27)19(28)26-21-18(13-5-3-2-4-6-17(13)30-21)20(29)25-15-8-7-12(22)11-14(15)23/h7-11H,2-6H2,1H3,(H,25,29)(H,26,28). The second-order valence-electron chi connectivity index (χ2n) is 7.14. The topological polar surface area (TPSA) is 76.0 Å². The molecule has 2 heterocycles. The summed E-state index contributed by atoms with van der Waals surface area (Å²) in [6, 6.07) is 6.56. The highest BCUT2D eigenvalue weighted by Crippen LogP contribution is 2.38. The van der Waals surface area contributed by atoms with E-state index in [0.29, 0.717) is 32.0 Å². The summed E-state index contributed by atoms with van der Waals surface area (Å²) in [5.74, 6) is -0.594. The molecule has 3 aromatic rings. The summed E-state index contributed by atoms with van der Waals surface area (Å²) >= 11 is 13.7. The van der Waals surface area contributed by atoms with E-state index >= 15 is 0 Å². The molecule has 9 heteroatoms. The minimum Gasteiger partial charge on any atom is -0.321 e. The van der Waals surface area contributed by atoms with Crippen molar-refractivity contribution in [3.05, 3.63) is 62.2 Å². The summed E-state index contributed by atoms with van der Waals surface area (Å²) in [5.41, 5.74) is 2.42. The van der Waals surface area contributed by atoms with E-state index in [-0.39, 0.29) is 11.8 Å². The zero-order valence-electron chi connectivity index (χ0n) is 16.3. The molecule has 0 unspecified atom stereocenters. The molecule has 0 spiro atoms. The fourth-order valence-corrected chi connectivity index (χ4v) is 5.35. The number of carbonyl (C=O) groups is 2. The maximum Gasteiger partial charge on any atom is 0.274 e. The molecule has 4 rings (SSSR count). The number of carbonyl (C=O) groups excluding carboxylic acids is 2. The number of aryl methyl sites for hydroxylation is 2. The van der Waals surface area contributed by atoms with Gasteiger partial charge in [-0.3, -0.25) is 14.3 Å². The van der Waals surface area contributed by atoms with Gasteiger partial charge in [-0.05, 0) is 55.5 Å². The molecular weight excluding hydrogens is 443 g/mol. The highest BCUT2D eigenvalue weighted by atomic mass is 35.5. The molecule has 0 fully saturated rings. The third-order valence-electron chi connectivity index (χ3n) is 5.11. The molecule has 1 aliphatic carbocycles.